The highest BCUT2D eigenvalue weighted by molar-refractivity contribution is 6.33. The quantitative estimate of drug-likeness (QED) is 0.817. The molecule has 2 heterocycles. The first-order valence-corrected chi connectivity index (χ1v) is 4.63. The molecule has 0 fully saturated rings. The van der Waals surface area contributed by atoms with Gasteiger partial charge in [0.15, 0.2) is 5.82 Å². The number of aromatic amines is 1. The van der Waals surface area contributed by atoms with E-state index in [4.69, 9.17) is 17.3 Å². The average molecular weight is 239 g/mol. The van der Waals surface area contributed by atoms with Gasteiger partial charge in [0.2, 0.25) is 5.95 Å². The average Bonchev–Trinajstić information content (AvgIpc) is 2.74. The van der Waals surface area contributed by atoms with Gasteiger partial charge in [-0.25, -0.2) is 19.8 Å². The predicted molar refractivity (Wildman–Crippen MR) is 57.4 cm³/mol. The van der Waals surface area contributed by atoms with Gasteiger partial charge in [0, 0.05) is 6.20 Å². The standard InChI is InChI=1S/C8H7ClN6O/c9-5-2-1-3-11-6(5)15(7(10)16)8-12-4-13-14-8/h1-4H,(H2,10,16)(H,12,13,14). The largest absolute Gasteiger partial charge is 0.351 e. The van der Waals surface area contributed by atoms with Gasteiger partial charge in [0.1, 0.15) is 6.33 Å². The third kappa shape index (κ3) is 1.80. The van der Waals surface area contributed by atoms with Crippen LogP contribution in [0.1, 0.15) is 0 Å². The Morgan fingerprint density at radius 2 is 2.31 bits per heavy atom. The molecule has 8 heteroatoms. The van der Waals surface area contributed by atoms with Crippen LogP contribution in [0.2, 0.25) is 5.02 Å². The van der Waals surface area contributed by atoms with Crippen molar-refractivity contribution in [1.82, 2.24) is 20.2 Å². The second-order valence-electron chi connectivity index (χ2n) is 2.79. The number of H-pyrrole nitrogens is 1. The zero-order chi connectivity index (χ0) is 11.5. The third-order valence-electron chi connectivity index (χ3n) is 1.79. The second-order valence-corrected chi connectivity index (χ2v) is 3.20. The molecule has 7 nitrogen and oxygen atoms in total. The molecule has 0 saturated heterocycles. The fourth-order valence-electron chi connectivity index (χ4n) is 1.16. The second kappa shape index (κ2) is 4.15. The first-order valence-electron chi connectivity index (χ1n) is 4.25. The number of aromatic nitrogens is 4. The fraction of sp³-hybridized carbons (Fsp3) is 0. The monoisotopic (exact) mass is 238 g/mol. The maximum absolute atomic E-state index is 11.3. The van der Waals surface area contributed by atoms with E-state index in [1.807, 2.05) is 0 Å². The molecule has 0 bridgehead atoms. The molecule has 0 aromatic carbocycles. The van der Waals surface area contributed by atoms with E-state index in [-0.39, 0.29) is 16.8 Å². The van der Waals surface area contributed by atoms with Gasteiger partial charge < -0.3 is 5.73 Å². The van der Waals surface area contributed by atoms with Crippen LogP contribution in [0.5, 0.6) is 0 Å². The summed E-state index contributed by atoms with van der Waals surface area (Å²) in [5.41, 5.74) is 5.23. The Hall–Kier alpha value is -2.15. The van der Waals surface area contributed by atoms with Crippen molar-refractivity contribution >= 4 is 29.4 Å². The summed E-state index contributed by atoms with van der Waals surface area (Å²) in [5.74, 6) is 0.363. The fourth-order valence-corrected chi connectivity index (χ4v) is 1.36. The molecule has 0 radical (unpaired) electrons. The minimum Gasteiger partial charge on any atom is -0.351 e. The molecule has 0 aliphatic carbocycles. The maximum atomic E-state index is 11.3. The van der Waals surface area contributed by atoms with Crippen molar-refractivity contribution in [3.8, 4) is 0 Å². The summed E-state index contributed by atoms with van der Waals surface area (Å²) in [6, 6.07) is 2.49. The van der Waals surface area contributed by atoms with E-state index in [0.717, 1.165) is 4.90 Å². The molecule has 2 aromatic rings. The minimum atomic E-state index is -0.752. The molecule has 16 heavy (non-hydrogen) atoms. The van der Waals surface area contributed by atoms with Crippen molar-refractivity contribution in [2.75, 3.05) is 4.90 Å². The molecule has 0 saturated carbocycles. The van der Waals surface area contributed by atoms with Gasteiger partial charge in [-0.15, -0.1) is 0 Å². The molecule has 0 aliphatic heterocycles. The lowest BCUT2D eigenvalue weighted by Gasteiger charge is -2.16. The molecule has 2 aromatic heterocycles. The maximum Gasteiger partial charge on any atom is 0.327 e. The number of urea groups is 1. The summed E-state index contributed by atoms with van der Waals surface area (Å²) in [5, 5.41) is 6.42. The number of carbonyl (C=O) groups is 1. The number of halogens is 1. The van der Waals surface area contributed by atoms with Crippen LogP contribution in [0.4, 0.5) is 16.6 Å². The summed E-state index contributed by atoms with van der Waals surface area (Å²) in [4.78, 5) is 20.1. The number of hydrogen-bond acceptors (Lipinski definition) is 4. The number of pyridine rings is 1. The van der Waals surface area contributed by atoms with Crippen molar-refractivity contribution in [2.24, 2.45) is 5.73 Å². The normalized spacial score (nSPS) is 10.1. The number of amides is 2. The summed E-state index contributed by atoms with van der Waals surface area (Å²) >= 11 is 5.91. The number of nitrogens with one attached hydrogen (secondary N) is 1. The Morgan fingerprint density at radius 1 is 1.50 bits per heavy atom. The zero-order valence-corrected chi connectivity index (χ0v) is 8.72. The van der Waals surface area contributed by atoms with E-state index in [1.165, 1.54) is 12.5 Å². The van der Waals surface area contributed by atoms with Crippen LogP contribution in [-0.4, -0.2) is 26.2 Å². The Morgan fingerprint density at radius 3 is 2.88 bits per heavy atom. The highest BCUT2D eigenvalue weighted by Gasteiger charge is 2.21. The molecular formula is C8H7ClN6O. The molecule has 0 unspecified atom stereocenters. The van der Waals surface area contributed by atoms with Crippen LogP contribution in [0.25, 0.3) is 0 Å². The summed E-state index contributed by atoms with van der Waals surface area (Å²) in [6.45, 7) is 0. The number of carbonyl (C=O) groups excluding carboxylic acids is 1. The van der Waals surface area contributed by atoms with Crippen LogP contribution in [0.15, 0.2) is 24.7 Å². The SMILES string of the molecule is NC(=O)N(c1ncn[nH]1)c1ncccc1Cl. The first kappa shape index (κ1) is 10.4. The molecule has 2 rings (SSSR count). The molecule has 2 amide bonds. The van der Waals surface area contributed by atoms with Gasteiger partial charge in [-0.05, 0) is 12.1 Å². The smallest absolute Gasteiger partial charge is 0.327 e. The van der Waals surface area contributed by atoms with Crippen molar-refractivity contribution < 1.29 is 4.79 Å². The highest BCUT2D eigenvalue weighted by atomic mass is 35.5. The molecule has 3 N–H and O–H groups in total. The zero-order valence-electron chi connectivity index (χ0n) is 7.96. The van der Waals surface area contributed by atoms with Crippen molar-refractivity contribution in [3.05, 3.63) is 29.7 Å². The van der Waals surface area contributed by atoms with Crippen LogP contribution in [0, 0.1) is 0 Å². The lowest BCUT2D eigenvalue weighted by molar-refractivity contribution is 0.255. The Bertz CT molecular complexity index is 499. The Labute approximate surface area is 95.3 Å². The summed E-state index contributed by atoms with van der Waals surface area (Å²) in [6.07, 6.45) is 2.75. The molecular weight excluding hydrogens is 232 g/mol. The Balaban J connectivity index is 2.50. The van der Waals surface area contributed by atoms with Gasteiger partial charge >= 0.3 is 6.03 Å². The summed E-state index contributed by atoms with van der Waals surface area (Å²) < 4.78 is 0. The van der Waals surface area contributed by atoms with Crippen LogP contribution >= 0.6 is 11.6 Å². The van der Waals surface area contributed by atoms with E-state index in [2.05, 4.69) is 20.2 Å². The number of anilines is 2. The van der Waals surface area contributed by atoms with Crippen LogP contribution in [-0.2, 0) is 0 Å². The van der Waals surface area contributed by atoms with Gasteiger partial charge in [-0.2, -0.15) is 10.1 Å². The van der Waals surface area contributed by atoms with Gasteiger partial charge in [-0.3, -0.25) is 0 Å². The van der Waals surface area contributed by atoms with Crippen molar-refractivity contribution in [2.45, 2.75) is 0 Å². The van der Waals surface area contributed by atoms with E-state index in [9.17, 15) is 4.79 Å². The van der Waals surface area contributed by atoms with E-state index >= 15 is 0 Å². The topological polar surface area (TPSA) is 101 Å². The predicted octanol–water partition coefficient (Wildman–Crippen LogP) is 1.07. The summed E-state index contributed by atoms with van der Waals surface area (Å²) in [7, 11) is 0. The lowest BCUT2D eigenvalue weighted by Crippen LogP contribution is -2.33. The number of nitrogens with zero attached hydrogens (tertiary/aromatic N) is 4. The third-order valence-corrected chi connectivity index (χ3v) is 2.08. The number of nitrogens with two attached hydrogens (primary N) is 1. The van der Waals surface area contributed by atoms with E-state index in [0.29, 0.717) is 0 Å². The van der Waals surface area contributed by atoms with Gasteiger partial charge in [-0.1, -0.05) is 11.6 Å². The van der Waals surface area contributed by atoms with Gasteiger partial charge in [0.25, 0.3) is 0 Å². The molecule has 0 spiro atoms. The number of hydrogen-bond donors (Lipinski definition) is 2. The van der Waals surface area contributed by atoms with E-state index < -0.39 is 6.03 Å². The number of primary amides is 1. The van der Waals surface area contributed by atoms with Crippen molar-refractivity contribution in [1.29, 1.82) is 0 Å². The highest BCUT2D eigenvalue weighted by Crippen LogP contribution is 2.26. The van der Waals surface area contributed by atoms with Gasteiger partial charge in [0.05, 0.1) is 5.02 Å². The lowest BCUT2D eigenvalue weighted by atomic mass is 10.4. The van der Waals surface area contributed by atoms with Crippen LogP contribution < -0.4 is 10.6 Å². The molecule has 82 valence electrons. The first-order chi connectivity index (χ1) is 7.70. The van der Waals surface area contributed by atoms with Crippen molar-refractivity contribution in [3.63, 3.8) is 0 Å². The van der Waals surface area contributed by atoms with E-state index in [1.54, 1.807) is 12.1 Å². The number of rotatable bonds is 2. The minimum absolute atomic E-state index is 0.160. The molecule has 0 aliphatic rings. The van der Waals surface area contributed by atoms with Crippen LogP contribution in [0.3, 0.4) is 0 Å². The molecule has 0 atom stereocenters. The Kier molecular flexibility index (Phi) is 2.69.